The molecule has 2 aromatic carbocycles. The highest BCUT2D eigenvalue weighted by molar-refractivity contribution is 5.93. The van der Waals surface area contributed by atoms with Gasteiger partial charge in [0.1, 0.15) is 23.0 Å². The molecule has 1 aliphatic rings. The molecule has 0 bridgehead atoms. The maximum Gasteiger partial charge on any atom is 0.343 e. The van der Waals surface area contributed by atoms with Gasteiger partial charge in [0.05, 0.1) is 12.0 Å². The van der Waals surface area contributed by atoms with Gasteiger partial charge >= 0.3 is 5.97 Å². The highest BCUT2D eigenvalue weighted by Crippen LogP contribution is 2.27. The molecule has 2 heterocycles. The van der Waals surface area contributed by atoms with Crippen molar-refractivity contribution in [2.75, 3.05) is 18.5 Å². The molecular weight excluding hydrogens is 510 g/mol. The van der Waals surface area contributed by atoms with Crippen LogP contribution in [0.1, 0.15) is 48.7 Å². The average Bonchev–Trinajstić information content (AvgIpc) is 3.42. The van der Waals surface area contributed by atoms with Gasteiger partial charge in [0.15, 0.2) is 5.65 Å². The van der Waals surface area contributed by atoms with Crippen molar-refractivity contribution in [3.05, 3.63) is 81.8 Å². The predicted octanol–water partition coefficient (Wildman–Crippen LogP) is 3.67. The van der Waals surface area contributed by atoms with Crippen LogP contribution in [0.15, 0.2) is 59.7 Å². The number of carbonyl (C=O) groups is 1. The molecule has 0 spiro atoms. The number of aryl methyl sites for hydroxylation is 2. The van der Waals surface area contributed by atoms with Gasteiger partial charge in [-0.15, -0.1) is 0 Å². The third kappa shape index (κ3) is 5.41. The Morgan fingerprint density at radius 1 is 1.18 bits per heavy atom. The second-order valence-electron chi connectivity index (χ2n) is 10.3. The van der Waals surface area contributed by atoms with Gasteiger partial charge in [-0.25, -0.2) is 9.78 Å². The molecule has 40 heavy (non-hydrogen) atoms. The van der Waals surface area contributed by atoms with Crippen molar-refractivity contribution in [3.8, 4) is 11.4 Å². The zero-order chi connectivity index (χ0) is 28.4. The van der Waals surface area contributed by atoms with Crippen molar-refractivity contribution in [1.82, 2.24) is 14.5 Å². The van der Waals surface area contributed by atoms with E-state index in [-0.39, 0.29) is 30.0 Å². The zero-order valence-electron chi connectivity index (χ0n) is 22.8. The Kier molecular flexibility index (Phi) is 7.55. The number of benzene rings is 2. The first-order valence-corrected chi connectivity index (χ1v) is 13.4. The number of aliphatic hydroxyl groups is 1. The van der Waals surface area contributed by atoms with Crippen LogP contribution in [0.3, 0.4) is 0 Å². The summed E-state index contributed by atoms with van der Waals surface area (Å²) in [7, 11) is 0. The molecule has 0 saturated carbocycles. The minimum Gasteiger partial charge on any atom is -0.485 e. The van der Waals surface area contributed by atoms with E-state index in [9.17, 15) is 14.7 Å². The monoisotopic (exact) mass is 543 g/mol. The van der Waals surface area contributed by atoms with Crippen molar-refractivity contribution >= 4 is 28.6 Å². The quantitative estimate of drug-likeness (QED) is 0.270. The molecule has 2 aromatic heterocycles. The first-order valence-electron chi connectivity index (χ1n) is 13.4. The molecule has 5 rings (SSSR count). The van der Waals surface area contributed by atoms with Crippen molar-refractivity contribution in [3.63, 3.8) is 0 Å². The highest BCUT2D eigenvalue weighted by Gasteiger charge is 2.29. The average molecular weight is 544 g/mol. The van der Waals surface area contributed by atoms with E-state index in [4.69, 9.17) is 15.2 Å². The predicted molar refractivity (Wildman–Crippen MR) is 153 cm³/mol. The number of carbonyl (C=O) groups excluding carboxylic acids is 1. The lowest BCUT2D eigenvalue weighted by atomic mass is 10.0. The minimum atomic E-state index is -0.852. The molecule has 0 fully saturated rings. The number of esters is 1. The Morgan fingerprint density at radius 2 is 1.93 bits per heavy atom. The van der Waals surface area contributed by atoms with Gasteiger partial charge in [0.2, 0.25) is 11.4 Å². The van der Waals surface area contributed by atoms with E-state index in [0.29, 0.717) is 17.1 Å². The number of nitrogens with zero attached hydrogens (tertiary/aromatic N) is 3. The highest BCUT2D eigenvalue weighted by atomic mass is 16.5. The van der Waals surface area contributed by atoms with Gasteiger partial charge in [-0.2, -0.15) is 4.98 Å². The van der Waals surface area contributed by atoms with Crippen LogP contribution in [-0.4, -0.2) is 50.5 Å². The molecule has 4 N–H and O–H groups in total. The SMILES string of the molecule is CCOC(=O)c1cn(-c2ccc3c(c2)CCC3)c2nc(Nc3ccc(OC(C)(C)C(O)CN)cc3)ncc2c1=O. The molecule has 0 aliphatic heterocycles. The molecule has 4 aromatic rings. The summed E-state index contributed by atoms with van der Waals surface area (Å²) in [6.07, 6.45) is 5.23. The van der Waals surface area contributed by atoms with Crippen molar-refractivity contribution < 1.29 is 19.4 Å². The van der Waals surface area contributed by atoms with Crippen LogP contribution in [0, 0.1) is 0 Å². The number of hydrogen-bond acceptors (Lipinski definition) is 9. The Morgan fingerprint density at radius 3 is 2.65 bits per heavy atom. The third-order valence-electron chi connectivity index (χ3n) is 7.12. The fourth-order valence-corrected chi connectivity index (χ4v) is 4.82. The summed E-state index contributed by atoms with van der Waals surface area (Å²) < 4.78 is 12.8. The van der Waals surface area contributed by atoms with Crippen LogP contribution in [0.5, 0.6) is 5.75 Å². The number of anilines is 2. The molecule has 1 atom stereocenters. The van der Waals surface area contributed by atoms with Crippen LogP contribution in [0.2, 0.25) is 0 Å². The summed E-state index contributed by atoms with van der Waals surface area (Å²) in [4.78, 5) is 34.9. The van der Waals surface area contributed by atoms with Gasteiger partial charge in [-0.05, 0) is 87.6 Å². The number of nitrogens with one attached hydrogen (secondary N) is 1. The van der Waals surface area contributed by atoms with E-state index >= 15 is 0 Å². The number of pyridine rings is 1. The smallest absolute Gasteiger partial charge is 0.343 e. The van der Waals surface area contributed by atoms with E-state index in [2.05, 4.69) is 27.4 Å². The molecular formula is C30H33N5O5. The molecule has 10 heteroatoms. The van der Waals surface area contributed by atoms with E-state index < -0.39 is 23.1 Å². The lowest BCUT2D eigenvalue weighted by Gasteiger charge is -2.30. The lowest BCUT2D eigenvalue weighted by Crippen LogP contribution is -2.46. The number of hydrogen-bond donors (Lipinski definition) is 3. The molecule has 10 nitrogen and oxygen atoms in total. The largest absolute Gasteiger partial charge is 0.485 e. The second-order valence-corrected chi connectivity index (χ2v) is 10.3. The third-order valence-corrected chi connectivity index (χ3v) is 7.12. The maximum absolute atomic E-state index is 13.3. The first-order chi connectivity index (χ1) is 19.2. The summed E-state index contributed by atoms with van der Waals surface area (Å²) in [6.45, 7) is 5.48. The fourth-order valence-electron chi connectivity index (χ4n) is 4.82. The van der Waals surface area contributed by atoms with E-state index in [1.54, 1.807) is 49.6 Å². The number of fused-ring (bicyclic) bond motifs is 2. The Hall–Kier alpha value is -4.28. The molecule has 208 valence electrons. The van der Waals surface area contributed by atoms with Crippen molar-refractivity contribution in [2.24, 2.45) is 5.73 Å². The topological polar surface area (TPSA) is 142 Å². The van der Waals surface area contributed by atoms with Crippen LogP contribution in [-0.2, 0) is 17.6 Å². The summed E-state index contributed by atoms with van der Waals surface area (Å²) in [5.41, 5.74) is 8.59. The molecule has 0 radical (unpaired) electrons. The van der Waals surface area contributed by atoms with E-state index in [1.807, 2.05) is 6.07 Å². The molecule has 0 amide bonds. The number of ether oxygens (including phenoxy) is 2. The van der Waals surface area contributed by atoms with Crippen molar-refractivity contribution in [1.29, 1.82) is 0 Å². The molecule has 1 aliphatic carbocycles. The number of aliphatic hydroxyl groups excluding tert-OH is 1. The van der Waals surface area contributed by atoms with Crippen LogP contribution >= 0.6 is 0 Å². The van der Waals surface area contributed by atoms with Crippen LogP contribution in [0.25, 0.3) is 16.7 Å². The van der Waals surface area contributed by atoms with E-state index in [0.717, 1.165) is 24.9 Å². The number of rotatable bonds is 9. The Balaban J connectivity index is 1.51. The normalized spacial score (nSPS) is 13.6. The molecule has 1 unspecified atom stereocenters. The van der Waals surface area contributed by atoms with Crippen molar-refractivity contribution in [2.45, 2.75) is 51.7 Å². The van der Waals surface area contributed by atoms with Crippen LogP contribution < -0.4 is 21.2 Å². The molecule has 0 saturated heterocycles. The number of aromatic nitrogens is 3. The number of nitrogens with two attached hydrogens (primary N) is 1. The van der Waals surface area contributed by atoms with Gasteiger partial charge in [0.25, 0.3) is 0 Å². The lowest BCUT2D eigenvalue weighted by molar-refractivity contribution is -0.0227. The van der Waals surface area contributed by atoms with E-state index in [1.165, 1.54) is 23.5 Å². The Bertz CT molecular complexity index is 1610. The van der Waals surface area contributed by atoms with Gasteiger partial charge in [-0.1, -0.05) is 6.07 Å². The Labute approximate surface area is 231 Å². The van der Waals surface area contributed by atoms with Gasteiger partial charge < -0.3 is 30.2 Å². The van der Waals surface area contributed by atoms with Gasteiger partial charge in [-0.3, -0.25) is 4.79 Å². The summed E-state index contributed by atoms with van der Waals surface area (Å²) in [6, 6.07) is 13.3. The zero-order valence-corrected chi connectivity index (χ0v) is 22.8. The maximum atomic E-state index is 13.3. The first kappa shape index (κ1) is 27.3. The minimum absolute atomic E-state index is 0.0718. The summed E-state index contributed by atoms with van der Waals surface area (Å²) in [5, 5.41) is 13.5. The van der Waals surface area contributed by atoms with Crippen LogP contribution in [0.4, 0.5) is 11.6 Å². The fraction of sp³-hybridized carbons (Fsp3) is 0.333. The summed E-state index contributed by atoms with van der Waals surface area (Å²) >= 11 is 0. The van der Waals surface area contributed by atoms with Gasteiger partial charge in [0, 0.05) is 30.3 Å². The summed E-state index contributed by atoms with van der Waals surface area (Å²) in [5.74, 6) is 0.161. The second kappa shape index (κ2) is 11.1. The standard InChI is InChI=1S/C30H33N5O5/c1-4-39-28(38)24-17-35(21-11-8-18-6-5-7-19(18)14-21)27-23(26(24)37)16-32-29(34-27)33-20-9-12-22(13-10-20)40-30(2,3)25(36)15-31/h8-14,16-17,25,36H,4-7,15,31H2,1-3H3,(H,32,33,34).